The molecule has 5 rings (SSSR count). The molecule has 2 amide bonds. The van der Waals surface area contributed by atoms with Gasteiger partial charge in [0, 0.05) is 30.6 Å². The number of hydrogen-bond acceptors (Lipinski definition) is 6. The summed E-state index contributed by atoms with van der Waals surface area (Å²) in [4.78, 5) is 45.4. The summed E-state index contributed by atoms with van der Waals surface area (Å²) < 4.78 is 4.73. The summed E-state index contributed by atoms with van der Waals surface area (Å²) in [6.45, 7) is 10.4. The molecule has 3 heterocycles. The first-order valence-electron chi connectivity index (χ1n) is 13.7. The number of carbonyl (C=O) groups excluding carboxylic acids is 3. The zero-order valence-corrected chi connectivity index (χ0v) is 23.1. The summed E-state index contributed by atoms with van der Waals surface area (Å²) in [5, 5.41) is 11.4. The minimum Gasteiger partial charge on any atom is -0.461 e. The second-order valence-corrected chi connectivity index (χ2v) is 12.3. The van der Waals surface area contributed by atoms with Gasteiger partial charge in [-0.05, 0) is 48.1 Å². The van der Waals surface area contributed by atoms with E-state index in [0.717, 1.165) is 22.9 Å². The van der Waals surface area contributed by atoms with E-state index in [9.17, 15) is 19.5 Å². The van der Waals surface area contributed by atoms with E-state index < -0.39 is 22.6 Å². The third-order valence-electron chi connectivity index (χ3n) is 8.52. The van der Waals surface area contributed by atoms with Gasteiger partial charge in [0.15, 0.2) is 0 Å². The van der Waals surface area contributed by atoms with Crippen molar-refractivity contribution in [3.8, 4) is 0 Å². The lowest BCUT2D eigenvalue weighted by Crippen LogP contribution is -2.57. The molecule has 0 radical (unpaired) electrons. The van der Waals surface area contributed by atoms with Crippen LogP contribution in [0.4, 0.5) is 5.69 Å². The van der Waals surface area contributed by atoms with E-state index in [1.54, 1.807) is 27.6 Å². The number of likely N-dealkylation sites (tertiary alicyclic amines) is 1. The SMILES string of the molecule is C=CCOC(=O)[C@@H]1[C@H]2C(=O)N(CCCCO)C(C(=O)N(CC=C)c3ccc4ccccc4c3)C23S[C@@H]1CC3C. The molecular weight excluding hydrogens is 512 g/mol. The number of aliphatic hydroxyl groups excluding tert-OH is 1. The molecule has 0 aromatic heterocycles. The summed E-state index contributed by atoms with van der Waals surface area (Å²) in [7, 11) is 0. The molecule has 0 saturated carbocycles. The number of ether oxygens (including phenoxy) is 1. The van der Waals surface area contributed by atoms with E-state index in [0.29, 0.717) is 25.9 Å². The lowest BCUT2D eigenvalue weighted by atomic mass is 9.66. The number of hydrogen-bond donors (Lipinski definition) is 1. The van der Waals surface area contributed by atoms with Crippen LogP contribution >= 0.6 is 11.8 Å². The summed E-state index contributed by atoms with van der Waals surface area (Å²) in [5.74, 6) is -1.87. The standard InChI is InChI=1S/C31H36N2O5S/c1-4-14-32(23-13-12-21-10-6-7-11-22(21)19-23)29(36)27-31-20(3)18-24(39-31)25(30(37)38-17-5-2)26(31)28(35)33(27)15-8-9-16-34/h4-7,10-13,19-20,24-27,34H,1-2,8-9,14-18H2,3H3/t20?,24-,25+,26+,27?,31?/m1/s1. The van der Waals surface area contributed by atoms with E-state index in [-0.39, 0.29) is 42.2 Å². The summed E-state index contributed by atoms with van der Waals surface area (Å²) in [6.07, 6.45) is 5.07. The Morgan fingerprint density at radius 1 is 1.18 bits per heavy atom. The molecule has 2 aromatic carbocycles. The first-order chi connectivity index (χ1) is 18.9. The fourth-order valence-electron chi connectivity index (χ4n) is 6.88. The van der Waals surface area contributed by atoms with Gasteiger partial charge in [-0.1, -0.05) is 56.0 Å². The van der Waals surface area contributed by atoms with Crippen LogP contribution < -0.4 is 4.90 Å². The van der Waals surface area contributed by atoms with Crippen LogP contribution in [0.25, 0.3) is 10.8 Å². The van der Waals surface area contributed by atoms with E-state index >= 15 is 0 Å². The highest BCUT2D eigenvalue weighted by atomic mass is 32.2. The van der Waals surface area contributed by atoms with Crippen LogP contribution in [-0.4, -0.2) is 70.1 Å². The number of benzene rings is 2. The number of rotatable bonds is 11. The fourth-order valence-corrected chi connectivity index (χ4v) is 9.29. The molecule has 3 fully saturated rings. The van der Waals surface area contributed by atoms with Gasteiger partial charge in [0.1, 0.15) is 12.6 Å². The number of anilines is 1. The third kappa shape index (κ3) is 4.47. The maximum absolute atomic E-state index is 14.7. The Kier molecular flexibility index (Phi) is 7.87. The van der Waals surface area contributed by atoms with Gasteiger partial charge >= 0.3 is 5.97 Å². The van der Waals surface area contributed by atoms with Crippen molar-refractivity contribution in [2.45, 2.75) is 42.2 Å². The van der Waals surface area contributed by atoms with Crippen LogP contribution in [0.1, 0.15) is 26.2 Å². The van der Waals surface area contributed by atoms with Crippen LogP contribution in [0.15, 0.2) is 67.8 Å². The first-order valence-corrected chi connectivity index (χ1v) is 14.5. The highest BCUT2D eigenvalue weighted by molar-refractivity contribution is 8.02. The van der Waals surface area contributed by atoms with Crippen molar-refractivity contribution in [3.63, 3.8) is 0 Å². The molecule has 0 aliphatic carbocycles. The van der Waals surface area contributed by atoms with Crippen LogP contribution in [0.2, 0.25) is 0 Å². The van der Waals surface area contributed by atoms with Crippen molar-refractivity contribution in [2.75, 3.05) is 31.2 Å². The zero-order valence-electron chi connectivity index (χ0n) is 22.3. The van der Waals surface area contributed by atoms with Crippen molar-refractivity contribution in [2.24, 2.45) is 17.8 Å². The number of carbonyl (C=O) groups is 3. The van der Waals surface area contributed by atoms with Gasteiger partial charge in [0.2, 0.25) is 5.91 Å². The molecule has 2 aromatic rings. The van der Waals surface area contributed by atoms with E-state index in [2.05, 4.69) is 20.1 Å². The van der Waals surface area contributed by atoms with E-state index in [4.69, 9.17) is 4.74 Å². The molecule has 39 heavy (non-hydrogen) atoms. The monoisotopic (exact) mass is 548 g/mol. The second kappa shape index (κ2) is 11.2. The Balaban J connectivity index is 1.57. The van der Waals surface area contributed by atoms with E-state index in [1.807, 2.05) is 42.5 Å². The second-order valence-electron chi connectivity index (χ2n) is 10.7. The van der Waals surface area contributed by atoms with Crippen LogP contribution in [-0.2, 0) is 19.1 Å². The molecular formula is C31H36N2O5S. The quantitative estimate of drug-likeness (QED) is 0.257. The Morgan fingerprint density at radius 3 is 2.67 bits per heavy atom. The molecule has 3 aliphatic rings. The molecule has 6 atom stereocenters. The van der Waals surface area contributed by atoms with Gasteiger partial charge in [-0.3, -0.25) is 14.4 Å². The Bertz CT molecular complexity index is 1300. The average Bonchev–Trinajstić information content (AvgIpc) is 3.53. The van der Waals surface area contributed by atoms with Gasteiger partial charge in [0.25, 0.3) is 5.91 Å². The molecule has 2 bridgehead atoms. The summed E-state index contributed by atoms with van der Waals surface area (Å²) >= 11 is 1.63. The van der Waals surface area contributed by atoms with Crippen molar-refractivity contribution in [1.82, 2.24) is 4.90 Å². The van der Waals surface area contributed by atoms with Gasteiger partial charge in [0.05, 0.1) is 16.6 Å². The van der Waals surface area contributed by atoms with Crippen molar-refractivity contribution in [3.05, 3.63) is 67.8 Å². The predicted molar refractivity (Wildman–Crippen MR) is 154 cm³/mol. The summed E-state index contributed by atoms with van der Waals surface area (Å²) in [5.41, 5.74) is 0.744. The van der Waals surface area contributed by atoms with E-state index in [1.165, 1.54) is 6.08 Å². The third-order valence-corrected chi connectivity index (χ3v) is 10.6. The van der Waals surface area contributed by atoms with Gasteiger partial charge < -0.3 is 19.6 Å². The van der Waals surface area contributed by atoms with Crippen molar-refractivity contribution < 1.29 is 24.2 Å². The fraction of sp³-hybridized carbons (Fsp3) is 0.452. The minimum absolute atomic E-state index is 0.0125. The lowest BCUT2D eigenvalue weighted by molar-refractivity contribution is -0.153. The Labute approximate surface area is 233 Å². The molecule has 1 N–H and O–H groups in total. The van der Waals surface area contributed by atoms with Crippen molar-refractivity contribution >= 4 is 46.0 Å². The lowest BCUT2D eigenvalue weighted by Gasteiger charge is -2.40. The predicted octanol–water partition coefficient (Wildman–Crippen LogP) is 4.20. The van der Waals surface area contributed by atoms with Crippen molar-refractivity contribution in [1.29, 1.82) is 0 Å². The molecule has 3 aliphatic heterocycles. The van der Waals surface area contributed by atoms with Gasteiger partial charge in [-0.2, -0.15) is 0 Å². The van der Waals surface area contributed by atoms with Crippen LogP contribution in [0, 0.1) is 17.8 Å². The first kappa shape index (κ1) is 27.5. The number of amides is 2. The number of unbranched alkanes of at least 4 members (excludes halogenated alkanes) is 1. The minimum atomic E-state index is -0.734. The maximum atomic E-state index is 14.7. The number of fused-ring (bicyclic) bond motifs is 2. The van der Waals surface area contributed by atoms with Crippen LogP contribution in [0.5, 0.6) is 0 Å². The Hall–Kier alpha value is -3.10. The Morgan fingerprint density at radius 2 is 1.95 bits per heavy atom. The highest BCUT2D eigenvalue weighted by Gasteiger charge is 2.76. The number of thioether (sulfide) groups is 1. The molecule has 3 saturated heterocycles. The molecule has 3 unspecified atom stereocenters. The largest absolute Gasteiger partial charge is 0.461 e. The maximum Gasteiger partial charge on any atom is 0.311 e. The molecule has 1 spiro atoms. The number of aliphatic hydroxyl groups is 1. The molecule has 8 heteroatoms. The normalized spacial score (nSPS) is 28.9. The average molecular weight is 549 g/mol. The molecule has 206 valence electrons. The molecule has 7 nitrogen and oxygen atoms in total. The topological polar surface area (TPSA) is 87.1 Å². The number of esters is 1. The van der Waals surface area contributed by atoms with Gasteiger partial charge in [-0.15, -0.1) is 18.3 Å². The van der Waals surface area contributed by atoms with Gasteiger partial charge in [-0.25, -0.2) is 0 Å². The number of nitrogens with zero attached hydrogens (tertiary/aromatic N) is 2. The highest BCUT2D eigenvalue weighted by Crippen LogP contribution is 2.68. The van der Waals surface area contributed by atoms with Crippen LogP contribution in [0.3, 0.4) is 0 Å². The summed E-state index contributed by atoms with van der Waals surface area (Å²) in [6, 6.07) is 13.2. The zero-order chi connectivity index (χ0) is 27.7. The smallest absolute Gasteiger partial charge is 0.311 e.